The van der Waals surface area contributed by atoms with Crippen molar-refractivity contribution >= 4 is 29.8 Å². The van der Waals surface area contributed by atoms with Crippen molar-refractivity contribution in [1.29, 1.82) is 0 Å². The number of alkyl halides is 3. The second-order valence-corrected chi connectivity index (χ2v) is 15.2. The van der Waals surface area contributed by atoms with E-state index in [1.54, 1.807) is 24.3 Å². The van der Waals surface area contributed by atoms with Crippen molar-refractivity contribution in [2.75, 3.05) is 26.3 Å². The molecule has 6 rings (SSSR count). The zero-order valence-electron chi connectivity index (χ0n) is 31.4. The Bertz CT molecular complexity index is 1580. The average molecular weight is 780 g/mol. The van der Waals surface area contributed by atoms with E-state index in [0.29, 0.717) is 43.4 Å². The molecule has 0 aromatic heterocycles. The van der Waals surface area contributed by atoms with Crippen LogP contribution in [0.15, 0.2) is 30.3 Å². The van der Waals surface area contributed by atoms with Crippen molar-refractivity contribution in [1.82, 2.24) is 15.3 Å². The van der Waals surface area contributed by atoms with Gasteiger partial charge in [-0.3, -0.25) is 19.2 Å². The molecule has 4 heterocycles. The smallest absolute Gasteiger partial charge is 0.422 e. The number of unbranched alkanes of at least 4 members (excludes halogenated alkanes) is 4. The lowest BCUT2D eigenvalue weighted by atomic mass is 9.62. The number of halogens is 3. The number of esters is 2. The predicted molar refractivity (Wildman–Crippen MR) is 189 cm³/mol. The largest absolute Gasteiger partial charge is 0.458 e. The third kappa shape index (κ3) is 8.73. The highest BCUT2D eigenvalue weighted by Gasteiger charge is 2.77. The molecule has 4 aliphatic heterocycles. The fourth-order valence-corrected chi connectivity index (χ4v) is 8.86. The first kappa shape index (κ1) is 41.1. The number of hydrogen-bond donors (Lipinski definition) is 2. The van der Waals surface area contributed by atoms with Gasteiger partial charge in [0, 0.05) is 38.4 Å². The van der Waals surface area contributed by atoms with Gasteiger partial charge in [-0.1, -0.05) is 63.8 Å². The molecule has 5 aliphatic rings. The van der Waals surface area contributed by atoms with Crippen molar-refractivity contribution in [3.05, 3.63) is 41.5 Å². The first-order chi connectivity index (χ1) is 26.3. The molecule has 0 spiro atoms. The number of nitrogens with zero attached hydrogens (tertiary/aromatic N) is 2. The van der Waals surface area contributed by atoms with Crippen LogP contribution in [-0.2, 0) is 49.5 Å². The van der Waals surface area contributed by atoms with Gasteiger partial charge in [0.1, 0.15) is 35.9 Å². The number of nitrogens with one attached hydrogen (secondary N) is 1. The standard InChI is InChI=1S/C39H52F3N3O10/c1-3-5-7-16-37(17-8-6-4-2)53-30-28-22-38(36(50)44-19-10-13-27(44)34(48)43-18-20-46)32(35(49)52-28)45(55-33(38)31(30)54-37)23-26-12-9-11-25(21-26)14-15-29(47)51-24-39(40,41)42/h9,11-12,14-15,21,27-28,30-33,46H,3-8,10,13,16-20,22-24H2,1-2H3,(H,43,48)/t27-,28?,30+,31+,32+,33-,38?/m1/s1. The normalized spacial score (nSPS) is 29.7. The SMILES string of the molecule is CCCCCC1(CCCCC)O[C@@H]2[C@H]3ON(Cc4cccc(C=CC(=O)OCC(F)(F)F)c4)[C@H]4C(=O)OC(CC34C(=O)N3CCC[C@@H]3C(=O)NCCO)[C@@H]2O1. The first-order valence-corrected chi connectivity index (χ1v) is 19.5. The summed E-state index contributed by atoms with van der Waals surface area (Å²) in [7, 11) is 0. The van der Waals surface area contributed by atoms with Crippen molar-refractivity contribution in [3.8, 4) is 0 Å². The third-order valence-electron chi connectivity index (χ3n) is 11.3. The summed E-state index contributed by atoms with van der Waals surface area (Å²) < 4.78 is 61.7. The van der Waals surface area contributed by atoms with Gasteiger partial charge in [-0.25, -0.2) is 4.79 Å². The van der Waals surface area contributed by atoms with Crippen LogP contribution in [0.3, 0.4) is 0 Å². The molecule has 304 valence electrons. The van der Waals surface area contributed by atoms with Crippen LogP contribution >= 0.6 is 0 Å². The fraction of sp³-hybridized carbons (Fsp3) is 0.692. The van der Waals surface area contributed by atoms with Crippen LogP contribution in [0.4, 0.5) is 13.2 Å². The molecule has 2 unspecified atom stereocenters. The number of amides is 2. The van der Waals surface area contributed by atoms with Crippen molar-refractivity contribution in [3.63, 3.8) is 0 Å². The van der Waals surface area contributed by atoms with Crippen LogP contribution in [0.5, 0.6) is 0 Å². The fourth-order valence-electron chi connectivity index (χ4n) is 8.86. The number of aliphatic hydroxyl groups excluding tert-OH is 1. The Balaban J connectivity index is 1.33. The Morgan fingerprint density at radius 3 is 2.49 bits per heavy atom. The Kier molecular flexibility index (Phi) is 12.9. The van der Waals surface area contributed by atoms with E-state index >= 15 is 4.79 Å². The van der Waals surface area contributed by atoms with Crippen LogP contribution in [0.2, 0.25) is 0 Å². The second-order valence-electron chi connectivity index (χ2n) is 15.2. The van der Waals surface area contributed by atoms with Crippen molar-refractivity contribution in [2.45, 2.75) is 139 Å². The average Bonchev–Trinajstić information content (AvgIpc) is 3.88. The maximum absolute atomic E-state index is 15.2. The highest BCUT2D eigenvalue weighted by molar-refractivity contribution is 5.96. The number of rotatable bonds is 17. The lowest BCUT2D eigenvalue weighted by Crippen LogP contribution is -2.70. The summed E-state index contributed by atoms with van der Waals surface area (Å²) >= 11 is 0. The number of carbonyl (C=O) groups excluding carboxylic acids is 4. The molecule has 5 fully saturated rings. The Labute approximate surface area is 318 Å². The van der Waals surface area contributed by atoms with Gasteiger partial charge in [-0.15, -0.1) is 0 Å². The Hall–Kier alpha value is -3.57. The van der Waals surface area contributed by atoms with Gasteiger partial charge in [0.25, 0.3) is 0 Å². The lowest BCUT2D eigenvalue weighted by Gasteiger charge is -2.50. The molecule has 1 aliphatic carbocycles. The van der Waals surface area contributed by atoms with Gasteiger partial charge >= 0.3 is 18.1 Å². The number of ether oxygens (including phenoxy) is 4. The van der Waals surface area contributed by atoms with E-state index in [1.807, 2.05) is 0 Å². The van der Waals surface area contributed by atoms with Crippen LogP contribution in [0.1, 0.15) is 95.6 Å². The molecule has 13 nitrogen and oxygen atoms in total. The van der Waals surface area contributed by atoms with E-state index in [-0.39, 0.29) is 32.0 Å². The molecule has 2 N–H and O–H groups in total. The number of benzene rings is 1. The van der Waals surface area contributed by atoms with Gasteiger partial charge in [0.15, 0.2) is 18.4 Å². The zero-order valence-corrected chi connectivity index (χ0v) is 31.4. The van der Waals surface area contributed by atoms with Crippen LogP contribution in [0.25, 0.3) is 6.08 Å². The summed E-state index contributed by atoms with van der Waals surface area (Å²) in [6, 6.07) is 4.75. The second kappa shape index (κ2) is 17.3. The molecule has 2 amide bonds. The van der Waals surface area contributed by atoms with E-state index in [1.165, 1.54) is 16.0 Å². The van der Waals surface area contributed by atoms with Gasteiger partial charge in [-0.05, 0) is 42.9 Å². The molecule has 1 saturated carbocycles. The van der Waals surface area contributed by atoms with Crippen LogP contribution in [0, 0.1) is 5.41 Å². The van der Waals surface area contributed by atoms with E-state index in [9.17, 15) is 32.7 Å². The molecule has 55 heavy (non-hydrogen) atoms. The van der Waals surface area contributed by atoms with E-state index in [2.05, 4.69) is 23.9 Å². The first-order valence-electron chi connectivity index (χ1n) is 19.5. The summed E-state index contributed by atoms with van der Waals surface area (Å²) in [4.78, 5) is 62.9. The van der Waals surface area contributed by atoms with Crippen LogP contribution < -0.4 is 5.32 Å². The lowest BCUT2D eigenvalue weighted by molar-refractivity contribution is -0.225. The number of hydrogen-bond acceptors (Lipinski definition) is 11. The molecule has 1 aromatic carbocycles. The minimum absolute atomic E-state index is 0.00698. The maximum atomic E-state index is 15.2. The molecule has 16 heteroatoms. The maximum Gasteiger partial charge on any atom is 0.422 e. The summed E-state index contributed by atoms with van der Waals surface area (Å²) in [6.07, 6.45) is 2.35. The summed E-state index contributed by atoms with van der Waals surface area (Å²) in [5, 5.41) is 13.5. The third-order valence-corrected chi connectivity index (χ3v) is 11.3. The molecule has 1 aromatic rings. The molecule has 2 bridgehead atoms. The minimum Gasteiger partial charge on any atom is -0.458 e. The van der Waals surface area contributed by atoms with Crippen LogP contribution in [-0.4, -0.2) is 114 Å². The van der Waals surface area contributed by atoms with Gasteiger partial charge in [0.2, 0.25) is 11.8 Å². The number of hydroxylamine groups is 2. The van der Waals surface area contributed by atoms with Gasteiger partial charge in [0.05, 0.1) is 13.2 Å². The highest BCUT2D eigenvalue weighted by atomic mass is 19.4. The molecule has 0 radical (unpaired) electrons. The van der Waals surface area contributed by atoms with E-state index < -0.39 is 78.3 Å². The molecule has 4 saturated heterocycles. The Morgan fingerprint density at radius 1 is 1.07 bits per heavy atom. The molecule has 7 atom stereocenters. The number of carbonyl (C=O) groups is 4. The Morgan fingerprint density at radius 2 is 1.80 bits per heavy atom. The van der Waals surface area contributed by atoms with E-state index in [0.717, 1.165) is 44.6 Å². The van der Waals surface area contributed by atoms with Gasteiger partial charge < -0.3 is 34.3 Å². The monoisotopic (exact) mass is 779 g/mol. The highest BCUT2D eigenvalue weighted by Crippen LogP contribution is 2.59. The molecular formula is C39H52F3N3O10. The van der Waals surface area contributed by atoms with Crippen molar-refractivity contribution < 1.29 is 61.2 Å². The summed E-state index contributed by atoms with van der Waals surface area (Å²) in [6.45, 7) is 2.60. The minimum atomic E-state index is -4.65. The number of likely N-dealkylation sites (tertiary alicyclic amines) is 1. The van der Waals surface area contributed by atoms with Gasteiger partial charge in [-0.2, -0.15) is 18.2 Å². The quantitative estimate of drug-likeness (QED) is 0.132. The summed E-state index contributed by atoms with van der Waals surface area (Å²) in [5.41, 5.74) is -0.411. The summed E-state index contributed by atoms with van der Waals surface area (Å²) in [5.74, 6) is -3.56. The topological polar surface area (TPSA) is 153 Å². The predicted octanol–water partition coefficient (Wildman–Crippen LogP) is 4.35. The molecular weight excluding hydrogens is 727 g/mol. The van der Waals surface area contributed by atoms with Crippen molar-refractivity contribution in [2.24, 2.45) is 5.41 Å². The number of fused-ring (bicyclic) bond motifs is 4. The zero-order chi connectivity index (χ0) is 39.4. The van der Waals surface area contributed by atoms with E-state index in [4.69, 9.17) is 19.0 Å². The number of aliphatic hydroxyl groups is 1.